The van der Waals surface area contributed by atoms with Crippen LogP contribution in [0.5, 0.6) is 0 Å². The topological polar surface area (TPSA) is 76.7 Å². The summed E-state index contributed by atoms with van der Waals surface area (Å²) in [6.45, 7) is 11.8. The molecule has 31 heavy (non-hydrogen) atoms. The summed E-state index contributed by atoms with van der Waals surface area (Å²) in [4.78, 5) is 0. The van der Waals surface area contributed by atoms with Crippen LogP contribution < -0.4 is 0 Å². The summed E-state index contributed by atoms with van der Waals surface area (Å²) in [5.74, 6) is 1.35. The lowest BCUT2D eigenvalue weighted by molar-refractivity contribution is -0.0587. The molecule has 0 radical (unpaired) electrons. The van der Waals surface area contributed by atoms with Crippen molar-refractivity contribution in [2.45, 2.75) is 85.0 Å². The van der Waals surface area contributed by atoms with Crippen molar-refractivity contribution >= 4 is 10.4 Å². The Labute approximate surface area is 188 Å². The SMILES string of the molecule is C=C1CCC[C@@H]2[C@@](C)(CCC(CCCc3ccoc3)COS(=O)(=O)O)[C@H](C)CC[C@@]12C. The lowest BCUT2D eigenvalue weighted by Crippen LogP contribution is -2.50. The normalized spacial score (nSPS) is 32.6. The summed E-state index contributed by atoms with van der Waals surface area (Å²) >= 11 is 0. The highest BCUT2D eigenvalue weighted by Gasteiger charge is 2.53. The molecule has 2 fully saturated rings. The van der Waals surface area contributed by atoms with E-state index in [1.165, 1.54) is 31.3 Å². The summed E-state index contributed by atoms with van der Waals surface area (Å²) in [5.41, 5.74) is 3.01. The molecule has 0 aromatic carbocycles. The van der Waals surface area contributed by atoms with Gasteiger partial charge < -0.3 is 4.42 Å². The zero-order valence-corrected chi connectivity index (χ0v) is 20.3. The molecule has 1 aromatic heterocycles. The molecule has 6 heteroatoms. The monoisotopic (exact) mass is 452 g/mol. The second kappa shape index (κ2) is 9.80. The maximum Gasteiger partial charge on any atom is 0.397 e. The van der Waals surface area contributed by atoms with Crippen LogP contribution in [0.3, 0.4) is 0 Å². The van der Waals surface area contributed by atoms with Crippen molar-refractivity contribution in [3.8, 4) is 0 Å². The van der Waals surface area contributed by atoms with Crippen LogP contribution in [0.25, 0.3) is 0 Å². The molecule has 1 unspecified atom stereocenters. The molecule has 0 bridgehead atoms. The number of allylic oxidation sites excluding steroid dienone is 1. The Morgan fingerprint density at radius 2 is 2.10 bits per heavy atom. The van der Waals surface area contributed by atoms with E-state index in [0.717, 1.165) is 44.1 Å². The first-order valence-electron chi connectivity index (χ1n) is 11.9. The van der Waals surface area contributed by atoms with E-state index in [1.807, 2.05) is 6.07 Å². The molecule has 176 valence electrons. The van der Waals surface area contributed by atoms with Crippen molar-refractivity contribution in [3.05, 3.63) is 36.3 Å². The standard InChI is InChI=1S/C25H40O5S/c1-19-7-5-10-23-24(19,3)14-11-20(2)25(23,4)15-12-21(18-30-31(26,27)28)8-6-9-22-13-16-29-17-22/h13,16-17,20-21,23H,1,5-12,14-15,18H2,2-4H3,(H,26,27,28)/t20-,21?,23+,24+,25+/m1/s1. The minimum atomic E-state index is -4.42. The van der Waals surface area contributed by atoms with Crippen LogP contribution in [0, 0.1) is 28.6 Å². The summed E-state index contributed by atoms with van der Waals surface area (Å²) in [6.07, 6.45) is 14.1. The molecule has 0 aliphatic heterocycles. The molecule has 0 saturated heterocycles. The van der Waals surface area contributed by atoms with Gasteiger partial charge in [-0.2, -0.15) is 8.42 Å². The molecular weight excluding hydrogens is 412 g/mol. The predicted molar refractivity (Wildman–Crippen MR) is 123 cm³/mol. The second-order valence-corrected chi connectivity index (χ2v) is 11.6. The highest BCUT2D eigenvalue weighted by Crippen LogP contribution is 2.62. The highest BCUT2D eigenvalue weighted by atomic mass is 32.3. The van der Waals surface area contributed by atoms with Crippen LogP contribution >= 0.6 is 0 Å². The van der Waals surface area contributed by atoms with E-state index in [2.05, 4.69) is 27.4 Å². The van der Waals surface area contributed by atoms with Crippen LogP contribution in [0.15, 0.2) is 35.2 Å². The Balaban J connectivity index is 1.67. The Morgan fingerprint density at radius 3 is 2.77 bits per heavy atom. The van der Waals surface area contributed by atoms with E-state index >= 15 is 0 Å². The first-order chi connectivity index (χ1) is 14.5. The van der Waals surface area contributed by atoms with Gasteiger partial charge in [-0.05, 0) is 104 Å². The van der Waals surface area contributed by atoms with Gasteiger partial charge in [-0.15, -0.1) is 0 Å². The maximum absolute atomic E-state index is 11.2. The van der Waals surface area contributed by atoms with Crippen molar-refractivity contribution in [1.82, 2.24) is 0 Å². The number of hydrogen-bond acceptors (Lipinski definition) is 4. The Kier molecular flexibility index (Phi) is 7.75. The smallest absolute Gasteiger partial charge is 0.397 e. The third-order valence-corrected chi connectivity index (χ3v) is 9.20. The number of rotatable bonds is 10. The van der Waals surface area contributed by atoms with E-state index < -0.39 is 10.4 Å². The molecule has 1 aromatic rings. The lowest BCUT2D eigenvalue weighted by atomic mass is 9.46. The van der Waals surface area contributed by atoms with Gasteiger partial charge >= 0.3 is 10.4 Å². The summed E-state index contributed by atoms with van der Waals surface area (Å²) in [7, 11) is -4.42. The van der Waals surface area contributed by atoms with Crippen LogP contribution in [0.4, 0.5) is 0 Å². The zero-order valence-electron chi connectivity index (χ0n) is 19.4. The summed E-state index contributed by atoms with van der Waals surface area (Å²) in [6, 6.07) is 1.96. The molecule has 2 aliphatic rings. The van der Waals surface area contributed by atoms with E-state index in [-0.39, 0.29) is 23.4 Å². The number of furan rings is 1. The van der Waals surface area contributed by atoms with Gasteiger partial charge in [-0.3, -0.25) is 4.55 Å². The summed E-state index contributed by atoms with van der Waals surface area (Å²) in [5, 5.41) is 0. The van der Waals surface area contributed by atoms with Crippen molar-refractivity contribution in [2.75, 3.05) is 6.61 Å². The van der Waals surface area contributed by atoms with Gasteiger partial charge in [-0.25, -0.2) is 4.18 Å². The fourth-order valence-electron chi connectivity index (χ4n) is 6.43. The van der Waals surface area contributed by atoms with Crippen molar-refractivity contribution in [3.63, 3.8) is 0 Å². The van der Waals surface area contributed by atoms with Gasteiger partial charge in [0, 0.05) is 0 Å². The molecular formula is C25H40O5S. The van der Waals surface area contributed by atoms with E-state index in [1.54, 1.807) is 12.5 Å². The second-order valence-electron chi connectivity index (χ2n) is 10.6. The fraction of sp³-hybridized carbons (Fsp3) is 0.760. The average molecular weight is 453 g/mol. The maximum atomic E-state index is 11.2. The zero-order chi connectivity index (χ0) is 22.7. The molecule has 1 N–H and O–H groups in total. The van der Waals surface area contributed by atoms with Gasteiger partial charge in [0.15, 0.2) is 0 Å². The summed E-state index contributed by atoms with van der Waals surface area (Å²) < 4.78 is 41.4. The van der Waals surface area contributed by atoms with E-state index in [9.17, 15) is 8.42 Å². The highest BCUT2D eigenvalue weighted by molar-refractivity contribution is 7.80. The van der Waals surface area contributed by atoms with Gasteiger partial charge in [0.1, 0.15) is 0 Å². The minimum absolute atomic E-state index is 0.0450. The molecule has 2 saturated carbocycles. The van der Waals surface area contributed by atoms with Gasteiger partial charge in [0.05, 0.1) is 19.1 Å². The van der Waals surface area contributed by atoms with Crippen LogP contribution in [-0.2, 0) is 21.0 Å². The molecule has 3 rings (SSSR count). The molecule has 0 amide bonds. The first-order valence-corrected chi connectivity index (χ1v) is 13.2. The van der Waals surface area contributed by atoms with Crippen molar-refractivity contribution < 1.29 is 21.6 Å². The molecule has 1 heterocycles. The molecule has 5 atom stereocenters. The number of aryl methyl sites for hydroxylation is 1. The number of hydrogen-bond donors (Lipinski definition) is 1. The van der Waals surface area contributed by atoms with E-state index in [4.69, 9.17) is 13.2 Å². The van der Waals surface area contributed by atoms with E-state index in [0.29, 0.717) is 11.8 Å². The average Bonchev–Trinajstić information content (AvgIpc) is 3.21. The Hall–Kier alpha value is -1.11. The van der Waals surface area contributed by atoms with Crippen LogP contribution in [0.2, 0.25) is 0 Å². The predicted octanol–water partition coefficient (Wildman–Crippen LogP) is 6.62. The quantitative estimate of drug-likeness (QED) is 0.319. The lowest BCUT2D eigenvalue weighted by Gasteiger charge is -2.59. The molecule has 5 nitrogen and oxygen atoms in total. The van der Waals surface area contributed by atoms with Gasteiger partial charge in [0.2, 0.25) is 0 Å². The largest absolute Gasteiger partial charge is 0.472 e. The third kappa shape index (κ3) is 5.82. The first kappa shape index (κ1) is 24.5. The number of fused-ring (bicyclic) bond motifs is 1. The minimum Gasteiger partial charge on any atom is -0.472 e. The van der Waals surface area contributed by atoms with Crippen LogP contribution in [0.1, 0.15) is 84.1 Å². The van der Waals surface area contributed by atoms with Gasteiger partial charge in [-0.1, -0.05) is 32.9 Å². The third-order valence-electron chi connectivity index (χ3n) is 8.77. The fourth-order valence-corrected chi connectivity index (χ4v) is 6.79. The Bertz CT molecular complexity index is 830. The molecule has 2 aliphatic carbocycles. The van der Waals surface area contributed by atoms with Crippen molar-refractivity contribution in [2.24, 2.45) is 28.6 Å². The van der Waals surface area contributed by atoms with Crippen molar-refractivity contribution in [1.29, 1.82) is 0 Å². The van der Waals surface area contributed by atoms with Crippen LogP contribution in [-0.4, -0.2) is 19.6 Å². The molecule has 0 spiro atoms. The Morgan fingerprint density at radius 1 is 1.32 bits per heavy atom. The van der Waals surface area contributed by atoms with Gasteiger partial charge in [0.25, 0.3) is 0 Å².